The van der Waals surface area contributed by atoms with Gasteiger partial charge in [0.05, 0.1) is 45.1 Å². The summed E-state index contributed by atoms with van der Waals surface area (Å²) in [7, 11) is 0. The molecule has 3 aromatic heterocycles. The quantitative estimate of drug-likeness (QED) is 0.137. The van der Waals surface area contributed by atoms with Crippen LogP contribution < -0.4 is 0 Å². The molecule has 0 N–H and O–H groups in total. The zero-order valence-electron chi connectivity index (χ0n) is 51.8. The Hall–Kier alpha value is -11.3. The Kier molecular flexibility index (Phi) is 13.6. The van der Waals surface area contributed by atoms with Crippen LogP contribution in [0, 0.1) is 66.7 Å². The summed E-state index contributed by atoms with van der Waals surface area (Å²) >= 11 is 0. The van der Waals surface area contributed by atoms with Gasteiger partial charge in [-0.2, -0.15) is 5.26 Å². The maximum atomic E-state index is 11.0. The molecule has 0 aliphatic rings. The molecule has 0 saturated carbocycles. The average Bonchev–Trinajstić information content (AvgIpc) is 1.56. The zero-order valence-corrected chi connectivity index (χ0v) is 51.8. The predicted molar refractivity (Wildman–Crippen MR) is 375 cm³/mol. The van der Waals surface area contributed by atoms with Gasteiger partial charge >= 0.3 is 0 Å². The maximum absolute atomic E-state index is 11.0. The van der Waals surface area contributed by atoms with Crippen LogP contribution in [0.15, 0.2) is 243 Å². The third kappa shape index (κ3) is 10.1. The van der Waals surface area contributed by atoms with Crippen LogP contribution in [0.2, 0.25) is 0 Å². The van der Waals surface area contributed by atoms with Gasteiger partial charge < -0.3 is 9.13 Å². The van der Waals surface area contributed by atoms with E-state index in [1.165, 1.54) is 66.8 Å². The molecule has 0 aliphatic heterocycles. The third-order valence-corrected chi connectivity index (χ3v) is 17.6. The summed E-state index contributed by atoms with van der Waals surface area (Å²) in [4.78, 5) is 15.8. The first kappa shape index (κ1) is 55.3. The number of benzene rings is 12. The van der Waals surface area contributed by atoms with E-state index in [1.54, 1.807) is 0 Å². The molecule has 3 heterocycles. The largest absolute Gasteiger partial charge is 0.309 e. The van der Waals surface area contributed by atoms with Crippen LogP contribution in [0.25, 0.3) is 145 Å². The van der Waals surface area contributed by atoms with E-state index in [-0.39, 0.29) is 0 Å². The second-order valence-electron chi connectivity index (χ2n) is 24.7. The van der Waals surface area contributed by atoms with Gasteiger partial charge in [0.15, 0.2) is 17.5 Å². The normalized spacial score (nSPS) is 11.5. The zero-order chi connectivity index (χ0) is 61.5. The first-order valence-electron chi connectivity index (χ1n) is 30.8. The van der Waals surface area contributed by atoms with E-state index in [0.717, 1.165) is 105 Å². The minimum atomic E-state index is 0.540. The van der Waals surface area contributed by atoms with Crippen LogP contribution in [0.4, 0.5) is 0 Å². The van der Waals surface area contributed by atoms with Crippen LogP contribution in [0.3, 0.4) is 0 Å². The van der Waals surface area contributed by atoms with Crippen molar-refractivity contribution in [2.45, 2.75) is 55.4 Å². The number of rotatable bonds is 10. The predicted octanol–water partition coefficient (Wildman–Crippen LogP) is 21.7. The molecule has 0 unspecified atom stereocenters. The number of nitriles is 1. The molecule has 0 radical (unpaired) electrons. The Labute approximate surface area is 525 Å². The van der Waals surface area contributed by atoms with E-state index in [2.05, 4.69) is 247 Å². The fraction of sp³-hybridized carbons (Fsp3) is 0.0952. The average molecular weight is 1160 g/mol. The van der Waals surface area contributed by atoms with E-state index in [0.29, 0.717) is 23.0 Å². The Morgan fingerprint density at radius 1 is 0.256 bits per heavy atom. The topological polar surface area (TPSA) is 72.3 Å². The van der Waals surface area contributed by atoms with Crippen molar-refractivity contribution in [3.63, 3.8) is 0 Å². The Morgan fingerprint density at radius 3 is 0.922 bits per heavy atom. The van der Waals surface area contributed by atoms with Crippen molar-refractivity contribution >= 4 is 43.6 Å². The molecule has 90 heavy (non-hydrogen) atoms. The summed E-state index contributed by atoms with van der Waals surface area (Å²) in [6.45, 7) is 17.4. The van der Waals surface area contributed by atoms with Gasteiger partial charge in [-0.25, -0.2) is 15.0 Å². The van der Waals surface area contributed by atoms with Crippen molar-refractivity contribution in [2.75, 3.05) is 0 Å². The van der Waals surface area contributed by atoms with Gasteiger partial charge in [-0.05, 0) is 173 Å². The lowest BCUT2D eigenvalue weighted by atomic mass is 9.96. The number of aromatic nitrogens is 5. The molecule has 0 bridgehead atoms. The minimum Gasteiger partial charge on any atom is -0.309 e. The summed E-state index contributed by atoms with van der Waals surface area (Å²) in [5, 5.41) is 15.5. The van der Waals surface area contributed by atoms with Crippen molar-refractivity contribution in [3.8, 4) is 107 Å². The highest BCUT2D eigenvalue weighted by atomic mass is 15.0. The minimum absolute atomic E-state index is 0.540. The molecule has 15 rings (SSSR count). The Morgan fingerprint density at radius 2 is 0.578 bits per heavy atom. The SMILES string of the molecule is Cc1cc(C)cc(-c2ccc3c(c2)c2cc(-c4cc(C)cc(C)c4)ccc2n3-c2ccc(C#N)cc2-c2ccc(-c3nc(-c4ccccc4)nc(-c4ccccc4)n3)cc2-n2c3ccc(-c4cc(C)cc(C)c4)cc3c3cc(-c4cc(C)cc(C)c4)ccc32)c1. The van der Waals surface area contributed by atoms with Gasteiger partial charge in [-0.15, -0.1) is 0 Å². The van der Waals surface area contributed by atoms with E-state index >= 15 is 0 Å². The van der Waals surface area contributed by atoms with E-state index < -0.39 is 0 Å². The molecule has 0 spiro atoms. The number of hydrogen-bond donors (Lipinski definition) is 0. The second-order valence-corrected chi connectivity index (χ2v) is 24.7. The van der Waals surface area contributed by atoms with Crippen molar-refractivity contribution in [2.24, 2.45) is 0 Å². The van der Waals surface area contributed by atoms with Gasteiger partial charge in [0.1, 0.15) is 0 Å². The monoisotopic (exact) mass is 1160 g/mol. The Bertz CT molecular complexity index is 5110. The highest BCUT2D eigenvalue weighted by molar-refractivity contribution is 6.14. The molecule has 6 heteroatoms. The fourth-order valence-electron chi connectivity index (χ4n) is 13.9. The third-order valence-electron chi connectivity index (χ3n) is 17.6. The smallest absolute Gasteiger partial charge is 0.164 e. The lowest BCUT2D eigenvalue weighted by molar-refractivity contribution is 1.07. The van der Waals surface area contributed by atoms with Gasteiger partial charge in [0.2, 0.25) is 0 Å². The Balaban J connectivity index is 1.04. The number of hydrogen-bond acceptors (Lipinski definition) is 4. The standard InChI is InChI=1S/C84H64N6/c1-50-31-51(2)36-66(35-50)61-21-27-77-72(44-61)73-45-62(67-37-52(3)32-53(4)38-67)22-28-78(73)89(77)76-26-19-58(49-85)43-71(76)70-25-20-65(84-87-82(59-15-11-9-12-16-59)86-83(88-84)60-17-13-10-14-18-60)48-81(70)90-79-29-23-63(68-39-54(5)33-55(6)40-68)46-74(79)75-47-64(24-30-80(75)90)69-41-56(7)34-57(8)42-69/h9-48H,1-8H3. The summed E-state index contributed by atoms with van der Waals surface area (Å²) in [6.07, 6.45) is 0. The molecule has 430 valence electrons. The maximum Gasteiger partial charge on any atom is 0.164 e. The highest BCUT2D eigenvalue weighted by Gasteiger charge is 2.25. The summed E-state index contributed by atoms with van der Waals surface area (Å²) in [5.41, 5.74) is 30.1. The molecule has 15 aromatic rings. The number of aryl methyl sites for hydroxylation is 8. The highest BCUT2D eigenvalue weighted by Crippen LogP contribution is 2.46. The van der Waals surface area contributed by atoms with Crippen LogP contribution in [0.5, 0.6) is 0 Å². The second kappa shape index (κ2) is 22.2. The first-order valence-corrected chi connectivity index (χ1v) is 30.8. The molecule has 12 aromatic carbocycles. The van der Waals surface area contributed by atoms with Gasteiger partial charge in [0.25, 0.3) is 0 Å². The van der Waals surface area contributed by atoms with Gasteiger partial charge in [-0.1, -0.05) is 214 Å². The van der Waals surface area contributed by atoms with Crippen LogP contribution in [-0.4, -0.2) is 24.1 Å². The van der Waals surface area contributed by atoms with Crippen LogP contribution in [-0.2, 0) is 0 Å². The molecular formula is C84H64N6. The summed E-state index contributed by atoms with van der Waals surface area (Å²) in [6, 6.07) is 90.5. The van der Waals surface area contributed by atoms with Crippen LogP contribution in [0.1, 0.15) is 50.1 Å². The molecular weight excluding hydrogens is 1090 g/mol. The molecule has 0 amide bonds. The lowest BCUT2D eigenvalue weighted by Gasteiger charge is -2.20. The number of fused-ring (bicyclic) bond motifs is 6. The molecule has 6 nitrogen and oxygen atoms in total. The van der Waals surface area contributed by atoms with Crippen molar-refractivity contribution < 1.29 is 0 Å². The van der Waals surface area contributed by atoms with Crippen molar-refractivity contribution in [1.29, 1.82) is 5.26 Å². The molecule has 0 saturated heterocycles. The number of nitrogens with zero attached hydrogens (tertiary/aromatic N) is 6. The summed E-state index contributed by atoms with van der Waals surface area (Å²) < 4.78 is 4.84. The fourth-order valence-corrected chi connectivity index (χ4v) is 13.9. The van der Waals surface area contributed by atoms with E-state index in [4.69, 9.17) is 15.0 Å². The van der Waals surface area contributed by atoms with Crippen molar-refractivity contribution in [3.05, 3.63) is 293 Å². The first-order chi connectivity index (χ1) is 43.7. The lowest BCUT2D eigenvalue weighted by Crippen LogP contribution is -2.04. The molecule has 0 aliphatic carbocycles. The van der Waals surface area contributed by atoms with E-state index in [1.807, 2.05) is 66.7 Å². The van der Waals surface area contributed by atoms with Crippen molar-refractivity contribution in [1.82, 2.24) is 24.1 Å². The van der Waals surface area contributed by atoms with Crippen LogP contribution >= 0.6 is 0 Å². The molecule has 0 fully saturated rings. The molecule has 0 atom stereocenters. The van der Waals surface area contributed by atoms with Gasteiger partial charge in [0, 0.05) is 49.4 Å². The van der Waals surface area contributed by atoms with Gasteiger partial charge in [-0.3, -0.25) is 0 Å². The van der Waals surface area contributed by atoms with E-state index in [9.17, 15) is 5.26 Å². The summed E-state index contributed by atoms with van der Waals surface area (Å²) in [5.74, 6) is 1.70.